The molecular formula is C22H27FN4O3S. The van der Waals surface area contributed by atoms with Crippen LogP contribution in [0, 0.1) is 5.82 Å². The molecule has 1 amide bonds. The van der Waals surface area contributed by atoms with E-state index >= 15 is 0 Å². The summed E-state index contributed by atoms with van der Waals surface area (Å²) in [5, 5.41) is 0. The van der Waals surface area contributed by atoms with Crippen molar-refractivity contribution >= 4 is 27.0 Å². The van der Waals surface area contributed by atoms with Gasteiger partial charge in [0.15, 0.2) is 0 Å². The Morgan fingerprint density at radius 3 is 2.55 bits per heavy atom. The molecular weight excluding hydrogens is 419 g/mol. The maximum atomic E-state index is 13.4. The van der Waals surface area contributed by atoms with Crippen molar-refractivity contribution in [3.05, 3.63) is 59.7 Å². The van der Waals surface area contributed by atoms with E-state index in [4.69, 9.17) is 0 Å². The predicted octanol–water partition coefficient (Wildman–Crippen LogP) is 2.94. The van der Waals surface area contributed by atoms with Crippen LogP contribution >= 0.6 is 0 Å². The Labute approximate surface area is 182 Å². The van der Waals surface area contributed by atoms with Crippen molar-refractivity contribution in [2.45, 2.75) is 31.2 Å². The van der Waals surface area contributed by atoms with Gasteiger partial charge in [0, 0.05) is 47.1 Å². The molecule has 0 fully saturated rings. The number of imidazole rings is 1. The molecule has 0 saturated carbocycles. The van der Waals surface area contributed by atoms with E-state index in [0.717, 1.165) is 15.4 Å². The summed E-state index contributed by atoms with van der Waals surface area (Å²) in [6.45, 7) is 2.75. The highest BCUT2D eigenvalue weighted by molar-refractivity contribution is 7.89. The summed E-state index contributed by atoms with van der Waals surface area (Å²) in [6.07, 6.45) is 0.669. The number of aromatic nitrogens is 2. The van der Waals surface area contributed by atoms with E-state index in [1.807, 2.05) is 18.5 Å². The SMILES string of the molecule is CCN(Cc1cccc(F)c1)C(=O)CCc1nc2cc(S(=O)(=O)N(C)C)ccc2n1C. The highest BCUT2D eigenvalue weighted by atomic mass is 32.2. The molecule has 3 aromatic rings. The lowest BCUT2D eigenvalue weighted by Crippen LogP contribution is -2.30. The molecule has 31 heavy (non-hydrogen) atoms. The third-order valence-corrected chi connectivity index (χ3v) is 7.09. The Morgan fingerprint density at radius 2 is 1.90 bits per heavy atom. The Morgan fingerprint density at radius 1 is 1.16 bits per heavy atom. The van der Waals surface area contributed by atoms with E-state index in [0.29, 0.717) is 30.9 Å². The van der Waals surface area contributed by atoms with Crippen LogP contribution in [0.1, 0.15) is 24.7 Å². The molecule has 0 saturated heterocycles. The number of amides is 1. The normalized spacial score (nSPS) is 11.9. The summed E-state index contributed by atoms with van der Waals surface area (Å²) in [7, 11) is 1.27. The smallest absolute Gasteiger partial charge is 0.242 e. The molecule has 0 bridgehead atoms. The molecule has 166 valence electrons. The van der Waals surface area contributed by atoms with Crippen LogP contribution in [0.25, 0.3) is 11.0 Å². The molecule has 0 unspecified atom stereocenters. The summed E-state index contributed by atoms with van der Waals surface area (Å²) < 4.78 is 41.2. The fourth-order valence-electron chi connectivity index (χ4n) is 3.43. The first-order valence-corrected chi connectivity index (χ1v) is 11.5. The van der Waals surface area contributed by atoms with E-state index in [2.05, 4.69) is 4.98 Å². The van der Waals surface area contributed by atoms with Crippen molar-refractivity contribution in [2.24, 2.45) is 7.05 Å². The van der Waals surface area contributed by atoms with Gasteiger partial charge < -0.3 is 9.47 Å². The van der Waals surface area contributed by atoms with Crippen LogP contribution in [0.3, 0.4) is 0 Å². The van der Waals surface area contributed by atoms with Crippen molar-refractivity contribution in [1.82, 2.24) is 18.8 Å². The largest absolute Gasteiger partial charge is 0.339 e. The molecule has 7 nitrogen and oxygen atoms in total. The molecule has 3 rings (SSSR count). The van der Waals surface area contributed by atoms with Crippen LogP contribution < -0.4 is 0 Å². The highest BCUT2D eigenvalue weighted by Gasteiger charge is 2.20. The molecule has 0 radical (unpaired) electrons. The minimum atomic E-state index is -3.55. The monoisotopic (exact) mass is 446 g/mol. The third kappa shape index (κ3) is 4.94. The Kier molecular flexibility index (Phi) is 6.76. The zero-order chi connectivity index (χ0) is 22.8. The van der Waals surface area contributed by atoms with E-state index in [-0.39, 0.29) is 23.0 Å². The van der Waals surface area contributed by atoms with Crippen molar-refractivity contribution in [2.75, 3.05) is 20.6 Å². The average Bonchev–Trinajstić information content (AvgIpc) is 3.05. The number of hydrogen-bond acceptors (Lipinski definition) is 4. The first-order valence-electron chi connectivity index (χ1n) is 10.0. The molecule has 1 aromatic heterocycles. The molecule has 1 heterocycles. The summed E-state index contributed by atoms with van der Waals surface area (Å²) in [6, 6.07) is 11.1. The molecule has 9 heteroatoms. The number of hydrogen-bond donors (Lipinski definition) is 0. The molecule has 0 aliphatic carbocycles. The highest BCUT2D eigenvalue weighted by Crippen LogP contribution is 2.22. The van der Waals surface area contributed by atoms with Gasteiger partial charge in [-0.25, -0.2) is 22.1 Å². The number of carbonyl (C=O) groups is 1. The molecule has 0 aliphatic heterocycles. The molecule has 0 N–H and O–H groups in total. The number of benzene rings is 2. The maximum absolute atomic E-state index is 13.4. The van der Waals surface area contributed by atoms with Gasteiger partial charge in [-0.3, -0.25) is 4.79 Å². The number of fused-ring (bicyclic) bond motifs is 1. The van der Waals surface area contributed by atoms with Crippen molar-refractivity contribution in [3.8, 4) is 0 Å². The van der Waals surface area contributed by atoms with Crippen LogP contribution in [0.15, 0.2) is 47.4 Å². The molecule has 0 spiro atoms. The second kappa shape index (κ2) is 9.15. The summed E-state index contributed by atoms with van der Waals surface area (Å²) in [4.78, 5) is 19.2. The van der Waals surface area contributed by atoms with Crippen LogP contribution in [0.5, 0.6) is 0 Å². The Hall–Kier alpha value is -2.78. The quantitative estimate of drug-likeness (QED) is 0.533. The molecule has 0 aliphatic rings. The number of nitrogens with zero attached hydrogens (tertiary/aromatic N) is 4. The van der Waals surface area contributed by atoms with Crippen LogP contribution in [-0.4, -0.2) is 53.7 Å². The van der Waals surface area contributed by atoms with E-state index in [1.54, 1.807) is 35.2 Å². The lowest BCUT2D eigenvalue weighted by molar-refractivity contribution is -0.131. The van der Waals surface area contributed by atoms with Gasteiger partial charge in [-0.15, -0.1) is 0 Å². The van der Waals surface area contributed by atoms with E-state index in [1.165, 1.54) is 26.2 Å². The maximum Gasteiger partial charge on any atom is 0.242 e. The second-order valence-corrected chi connectivity index (χ2v) is 9.71. The van der Waals surface area contributed by atoms with Gasteiger partial charge in [0.1, 0.15) is 11.6 Å². The van der Waals surface area contributed by atoms with Crippen LogP contribution in [0.4, 0.5) is 4.39 Å². The van der Waals surface area contributed by atoms with Gasteiger partial charge in [0.25, 0.3) is 0 Å². The number of rotatable bonds is 8. The average molecular weight is 447 g/mol. The minimum absolute atomic E-state index is 0.0466. The fourth-order valence-corrected chi connectivity index (χ4v) is 4.36. The lowest BCUT2D eigenvalue weighted by atomic mass is 10.2. The minimum Gasteiger partial charge on any atom is -0.339 e. The first kappa shape index (κ1) is 22.9. The summed E-state index contributed by atoms with van der Waals surface area (Å²) in [5.41, 5.74) is 2.11. The number of sulfonamides is 1. The van der Waals surface area contributed by atoms with Crippen molar-refractivity contribution in [1.29, 1.82) is 0 Å². The first-order chi connectivity index (χ1) is 14.6. The number of aryl methyl sites for hydroxylation is 2. The third-order valence-electron chi connectivity index (χ3n) is 5.28. The van der Waals surface area contributed by atoms with Gasteiger partial charge in [-0.2, -0.15) is 0 Å². The Balaban J connectivity index is 1.75. The molecule has 0 atom stereocenters. The zero-order valence-corrected chi connectivity index (χ0v) is 19.0. The molecule has 2 aromatic carbocycles. The summed E-state index contributed by atoms with van der Waals surface area (Å²) >= 11 is 0. The Bertz CT molecular complexity index is 1200. The van der Waals surface area contributed by atoms with Gasteiger partial charge in [-0.1, -0.05) is 12.1 Å². The van der Waals surface area contributed by atoms with Crippen LogP contribution in [0.2, 0.25) is 0 Å². The van der Waals surface area contributed by atoms with Gasteiger partial charge in [-0.05, 0) is 42.8 Å². The van der Waals surface area contributed by atoms with Gasteiger partial charge in [0.05, 0.1) is 15.9 Å². The second-order valence-electron chi connectivity index (χ2n) is 7.56. The topological polar surface area (TPSA) is 75.5 Å². The fraction of sp³-hybridized carbons (Fsp3) is 0.364. The number of halogens is 1. The van der Waals surface area contributed by atoms with E-state index in [9.17, 15) is 17.6 Å². The van der Waals surface area contributed by atoms with Gasteiger partial charge >= 0.3 is 0 Å². The van der Waals surface area contributed by atoms with Crippen molar-refractivity contribution in [3.63, 3.8) is 0 Å². The zero-order valence-electron chi connectivity index (χ0n) is 18.2. The van der Waals surface area contributed by atoms with Gasteiger partial charge in [0.2, 0.25) is 15.9 Å². The predicted molar refractivity (Wildman–Crippen MR) is 117 cm³/mol. The lowest BCUT2D eigenvalue weighted by Gasteiger charge is -2.21. The number of carbonyl (C=O) groups excluding carboxylic acids is 1. The standard InChI is InChI=1S/C22H27FN4O3S/c1-5-27(15-16-7-6-8-17(23)13-16)22(28)12-11-21-24-19-14-18(31(29,30)25(2)3)9-10-20(19)26(21)4/h6-10,13-14H,5,11-12,15H2,1-4H3. The van der Waals surface area contributed by atoms with Crippen molar-refractivity contribution < 1.29 is 17.6 Å². The van der Waals surface area contributed by atoms with Crippen LogP contribution in [-0.2, 0) is 34.8 Å². The summed E-state index contributed by atoms with van der Waals surface area (Å²) in [5.74, 6) is 0.329. The van der Waals surface area contributed by atoms with E-state index < -0.39 is 10.0 Å².